The number of nitrogens with one attached hydrogen (secondary N) is 1. The number of thioether (sulfide) groups is 1. The van der Waals surface area contributed by atoms with Crippen molar-refractivity contribution >= 4 is 49.8 Å². The smallest absolute Gasteiger partial charge is 0.264 e. The first-order valence-corrected chi connectivity index (χ1v) is 15.3. The molecule has 0 radical (unpaired) electrons. The fourth-order valence-corrected chi connectivity index (χ4v) is 6.94. The molecule has 0 saturated heterocycles. The molecule has 0 aliphatic carbocycles. The van der Waals surface area contributed by atoms with Gasteiger partial charge in [0.05, 0.1) is 17.1 Å². The van der Waals surface area contributed by atoms with E-state index < -0.39 is 10.0 Å². The molecular weight excluding hydrogens is 549 g/mol. The highest BCUT2D eigenvalue weighted by Crippen LogP contribution is 2.29. The summed E-state index contributed by atoms with van der Waals surface area (Å²) in [6, 6.07) is 34.2. The van der Waals surface area contributed by atoms with Crippen molar-refractivity contribution < 1.29 is 13.2 Å². The van der Waals surface area contributed by atoms with Gasteiger partial charge in [0, 0.05) is 11.3 Å². The van der Waals surface area contributed by atoms with E-state index in [0.717, 1.165) is 15.7 Å². The van der Waals surface area contributed by atoms with E-state index in [1.807, 2.05) is 24.3 Å². The summed E-state index contributed by atoms with van der Waals surface area (Å²) in [5.74, 6) is 0.458. The van der Waals surface area contributed by atoms with Crippen LogP contribution in [-0.4, -0.2) is 24.5 Å². The SMILES string of the molecule is O=C(Nc1nnc(SCc2ccccc2)s1)c1ccc(CN(c2ccccc2)S(=O)(=O)c2ccccc2)cc1. The minimum Gasteiger partial charge on any atom is -0.296 e. The molecule has 0 aliphatic heterocycles. The summed E-state index contributed by atoms with van der Waals surface area (Å²) in [5.41, 5.74) is 2.92. The van der Waals surface area contributed by atoms with Crippen LogP contribution >= 0.6 is 23.1 Å². The number of amides is 1. The van der Waals surface area contributed by atoms with Gasteiger partial charge in [0.2, 0.25) is 5.13 Å². The molecule has 1 heterocycles. The first kappa shape index (κ1) is 26.6. The molecule has 0 bridgehead atoms. The van der Waals surface area contributed by atoms with Crippen molar-refractivity contribution in [2.45, 2.75) is 21.5 Å². The Balaban J connectivity index is 1.26. The Labute approximate surface area is 235 Å². The fraction of sp³-hybridized carbons (Fsp3) is 0.0690. The maximum absolute atomic E-state index is 13.5. The lowest BCUT2D eigenvalue weighted by Gasteiger charge is -2.24. The van der Waals surface area contributed by atoms with Crippen LogP contribution in [0.2, 0.25) is 0 Å². The lowest BCUT2D eigenvalue weighted by molar-refractivity contribution is 0.102. The summed E-state index contributed by atoms with van der Waals surface area (Å²) >= 11 is 2.88. The van der Waals surface area contributed by atoms with Gasteiger partial charge >= 0.3 is 0 Å². The van der Waals surface area contributed by atoms with E-state index in [2.05, 4.69) is 27.6 Å². The topological polar surface area (TPSA) is 92.3 Å². The first-order valence-electron chi connectivity index (χ1n) is 12.0. The molecule has 7 nitrogen and oxygen atoms in total. The van der Waals surface area contributed by atoms with Crippen LogP contribution in [-0.2, 0) is 22.3 Å². The van der Waals surface area contributed by atoms with E-state index in [0.29, 0.717) is 16.4 Å². The van der Waals surface area contributed by atoms with Crippen LogP contribution in [0.5, 0.6) is 0 Å². The number of nitrogens with zero attached hydrogens (tertiary/aromatic N) is 3. The molecule has 0 saturated carbocycles. The van der Waals surface area contributed by atoms with Crippen LogP contribution in [0.4, 0.5) is 10.8 Å². The van der Waals surface area contributed by atoms with Crippen molar-refractivity contribution in [3.05, 3.63) is 132 Å². The quantitative estimate of drug-likeness (QED) is 0.152. The second-order valence-corrected chi connectivity index (χ2v) is 12.5. The third kappa shape index (κ3) is 6.72. The van der Waals surface area contributed by atoms with Gasteiger partial charge in [-0.25, -0.2) is 8.42 Å². The number of aromatic nitrogens is 2. The van der Waals surface area contributed by atoms with Crippen molar-refractivity contribution in [2.75, 3.05) is 9.62 Å². The summed E-state index contributed by atoms with van der Waals surface area (Å²) < 4.78 is 29.1. The van der Waals surface area contributed by atoms with E-state index in [1.54, 1.807) is 90.6 Å². The number of para-hydroxylation sites is 1. The molecule has 0 atom stereocenters. The van der Waals surface area contributed by atoms with Gasteiger partial charge < -0.3 is 0 Å². The molecule has 4 aromatic carbocycles. The van der Waals surface area contributed by atoms with Crippen LogP contribution < -0.4 is 9.62 Å². The number of rotatable bonds is 10. The molecule has 5 rings (SSSR count). The van der Waals surface area contributed by atoms with Gasteiger partial charge in [0.25, 0.3) is 15.9 Å². The van der Waals surface area contributed by atoms with Crippen molar-refractivity contribution in [2.24, 2.45) is 0 Å². The largest absolute Gasteiger partial charge is 0.296 e. The van der Waals surface area contributed by atoms with Crippen molar-refractivity contribution in [1.82, 2.24) is 10.2 Å². The number of anilines is 2. The number of carbonyl (C=O) groups is 1. The highest BCUT2D eigenvalue weighted by atomic mass is 32.2. The van der Waals surface area contributed by atoms with Gasteiger partial charge in [-0.1, -0.05) is 102 Å². The molecule has 39 heavy (non-hydrogen) atoms. The van der Waals surface area contributed by atoms with Crippen LogP contribution in [0, 0.1) is 0 Å². The maximum Gasteiger partial charge on any atom is 0.264 e. The van der Waals surface area contributed by atoms with Crippen LogP contribution in [0.3, 0.4) is 0 Å². The molecule has 10 heteroatoms. The van der Waals surface area contributed by atoms with Crippen LogP contribution in [0.25, 0.3) is 0 Å². The number of hydrogen-bond acceptors (Lipinski definition) is 7. The second-order valence-electron chi connectivity index (χ2n) is 8.46. The average molecular weight is 573 g/mol. The van der Waals surface area contributed by atoms with Crippen molar-refractivity contribution in [3.8, 4) is 0 Å². The number of benzene rings is 4. The molecule has 0 unspecified atom stereocenters. The monoisotopic (exact) mass is 572 g/mol. The Morgan fingerprint density at radius 2 is 1.38 bits per heavy atom. The second kappa shape index (κ2) is 12.2. The molecule has 0 spiro atoms. The molecule has 5 aromatic rings. The molecular formula is C29H24N4O3S3. The molecule has 0 aliphatic rings. The van der Waals surface area contributed by atoms with E-state index in [9.17, 15) is 13.2 Å². The van der Waals surface area contributed by atoms with E-state index >= 15 is 0 Å². The zero-order valence-electron chi connectivity index (χ0n) is 20.7. The molecule has 0 fully saturated rings. The maximum atomic E-state index is 13.5. The lowest BCUT2D eigenvalue weighted by atomic mass is 10.1. The van der Waals surface area contributed by atoms with Gasteiger partial charge in [-0.05, 0) is 47.5 Å². The predicted molar refractivity (Wildman–Crippen MR) is 157 cm³/mol. The fourth-order valence-electron chi connectivity index (χ4n) is 3.76. The Bertz CT molecular complexity index is 1630. The Hall–Kier alpha value is -3.99. The average Bonchev–Trinajstić information content (AvgIpc) is 3.43. The van der Waals surface area contributed by atoms with Crippen molar-refractivity contribution in [3.63, 3.8) is 0 Å². The third-order valence-electron chi connectivity index (χ3n) is 5.75. The van der Waals surface area contributed by atoms with E-state index in [-0.39, 0.29) is 17.3 Å². The summed E-state index contributed by atoms with van der Waals surface area (Å²) in [7, 11) is -3.80. The normalized spacial score (nSPS) is 11.2. The molecule has 1 amide bonds. The Morgan fingerprint density at radius 1 is 0.769 bits per heavy atom. The predicted octanol–water partition coefficient (Wildman–Crippen LogP) is 6.48. The number of hydrogen-bond donors (Lipinski definition) is 1. The highest BCUT2D eigenvalue weighted by Gasteiger charge is 2.25. The summed E-state index contributed by atoms with van der Waals surface area (Å²) in [5, 5.41) is 11.5. The zero-order valence-corrected chi connectivity index (χ0v) is 23.1. The van der Waals surface area contributed by atoms with Crippen molar-refractivity contribution in [1.29, 1.82) is 0 Å². The summed E-state index contributed by atoms with van der Waals surface area (Å²) in [6.07, 6.45) is 0. The molecule has 196 valence electrons. The Morgan fingerprint density at radius 3 is 2.05 bits per heavy atom. The van der Waals surface area contributed by atoms with Gasteiger partial charge in [-0.2, -0.15) is 0 Å². The number of carbonyl (C=O) groups excluding carboxylic acids is 1. The molecule has 1 aromatic heterocycles. The van der Waals surface area contributed by atoms with Crippen LogP contribution in [0.1, 0.15) is 21.5 Å². The summed E-state index contributed by atoms with van der Waals surface area (Å²) in [6.45, 7) is 0.113. The minimum absolute atomic E-state index is 0.113. The van der Waals surface area contributed by atoms with E-state index in [4.69, 9.17) is 0 Å². The molecule has 1 N–H and O–H groups in total. The van der Waals surface area contributed by atoms with E-state index in [1.165, 1.54) is 21.2 Å². The number of sulfonamides is 1. The van der Waals surface area contributed by atoms with Gasteiger partial charge in [-0.15, -0.1) is 10.2 Å². The minimum atomic E-state index is -3.80. The highest BCUT2D eigenvalue weighted by molar-refractivity contribution is 8.00. The standard InChI is InChI=1S/C29H24N4O3S3/c34-27(30-28-31-32-29(38-28)37-21-23-10-4-1-5-11-23)24-18-16-22(17-19-24)20-33(25-12-6-2-7-13-25)39(35,36)26-14-8-3-9-15-26/h1-19H,20-21H2,(H,30,31,34). The zero-order chi connectivity index (χ0) is 27.1. The van der Waals surface area contributed by atoms with Gasteiger partial charge in [0.1, 0.15) is 0 Å². The van der Waals surface area contributed by atoms with Gasteiger partial charge in [0.15, 0.2) is 4.34 Å². The first-order chi connectivity index (χ1) is 19.0. The van der Waals surface area contributed by atoms with Crippen LogP contribution in [0.15, 0.2) is 124 Å². The van der Waals surface area contributed by atoms with Gasteiger partial charge in [-0.3, -0.25) is 14.4 Å². The Kier molecular flexibility index (Phi) is 8.36. The summed E-state index contributed by atoms with van der Waals surface area (Å²) in [4.78, 5) is 13.0. The lowest BCUT2D eigenvalue weighted by Crippen LogP contribution is -2.30. The third-order valence-corrected chi connectivity index (χ3v) is 9.58.